The van der Waals surface area contributed by atoms with Crippen LogP contribution in [0, 0.1) is 12.8 Å². The number of carbonyl (C=O) groups is 1. The van der Waals surface area contributed by atoms with Gasteiger partial charge in [-0.1, -0.05) is 50.2 Å². The van der Waals surface area contributed by atoms with Gasteiger partial charge in [-0.05, 0) is 31.4 Å². The van der Waals surface area contributed by atoms with Crippen LogP contribution in [0.2, 0.25) is 0 Å². The van der Waals surface area contributed by atoms with Crippen LogP contribution in [0.4, 0.5) is 5.13 Å². The lowest BCUT2D eigenvalue weighted by atomic mass is 9.99. The highest BCUT2D eigenvalue weighted by Crippen LogP contribution is 2.28. The van der Waals surface area contributed by atoms with Gasteiger partial charge in [-0.15, -0.1) is 0 Å². The van der Waals surface area contributed by atoms with Crippen molar-refractivity contribution in [1.29, 1.82) is 0 Å². The first-order valence-corrected chi connectivity index (χ1v) is 8.14. The SMILES string of the molecule is CCCC[C@H](CC)C(=O)Nc1nc2c(C)cccc2s1. The van der Waals surface area contributed by atoms with Gasteiger partial charge in [0.15, 0.2) is 5.13 Å². The van der Waals surface area contributed by atoms with Gasteiger partial charge >= 0.3 is 0 Å². The maximum absolute atomic E-state index is 12.3. The van der Waals surface area contributed by atoms with Crippen molar-refractivity contribution in [2.75, 3.05) is 5.32 Å². The Labute approximate surface area is 124 Å². The number of benzene rings is 1. The van der Waals surface area contributed by atoms with E-state index in [1.54, 1.807) is 11.3 Å². The van der Waals surface area contributed by atoms with Crippen molar-refractivity contribution in [2.45, 2.75) is 46.5 Å². The molecule has 20 heavy (non-hydrogen) atoms. The molecule has 0 aliphatic heterocycles. The van der Waals surface area contributed by atoms with Crippen LogP contribution in [-0.4, -0.2) is 10.9 Å². The average molecular weight is 290 g/mol. The summed E-state index contributed by atoms with van der Waals surface area (Å²) in [6, 6.07) is 6.12. The van der Waals surface area contributed by atoms with Crippen molar-refractivity contribution in [2.24, 2.45) is 5.92 Å². The molecule has 0 aliphatic rings. The van der Waals surface area contributed by atoms with Gasteiger partial charge in [0.1, 0.15) is 0 Å². The molecule has 108 valence electrons. The van der Waals surface area contributed by atoms with E-state index >= 15 is 0 Å². The Morgan fingerprint density at radius 2 is 2.20 bits per heavy atom. The minimum Gasteiger partial charge on any atom is -0.302 e. The molecule has 0 saturated carbocycles. The number of anilines is 1. The third-order valence-electron chi connectivity index (χ3n) is 3.62. The Bertz CT molecular complexity index is 591. The maximum atomic E-state index is 12.3. The number of unbranched alkanes of at least 4 members (excludes halogenated alkanes) is 1. The highest BCUT2D eigenvalue weighted by molar-refractivity contribution is 7.22. The second-order valence-corrected chi connectivity index (χ2v) is 6.21. The molecule has 3 nitrogen and oxygen atoms in total. The van der Waals surface area contributed by atoms with E-state index in [1.807, 2.05) is 25.1 Å². The zero-order chi connectivity index (χ0) is 14.5. The number of nitrogens with zero attached hydrogens (tertiary/aromatic N) is 1. The van der Waals surface area contributed by atoms with Crippen molar-refractivity contribution in [3.63, 3.8) is 0 Å². The molecule has 2 rings (SSSR count). The maximum Gasteiger partial charge on any atom is 0.229 e. The fourth-order valence-electron chi connectivity index (χ4n) is 2.32. The molecule has 0 bridgehead atoms. The van der Waals surface area contributed by atoms with Crippen LogP contribution in [0.25, 0.3) is 10.2 Å². The quantitative estimate of drug-likeness (QED) is 0.833. The second-order valence-electron chi connectivity index (χ2n) is 5.18. The van der Waals surface area contributed by atoms with Gasteiger partial charge in [0.25, 0.3) is 0 Å². The number of para-hydroxylation sites is 1. The zero-order valence-corrected chi connectivity index (χ0v) is 13.2. The van der Waals surface area contributed by atoms with Crippen LogP contribution >= 0.6 is 11.3 Å². The third-order valence-corrected chi connectivity index (χ3v) is 4.56. The van der Waals surface area contributed by atoms with Crippen LogP contribution in [0.3, 0.4) is 0 Å². The number of aromatic nitrogens is 1. The lowest BCUT2D eigenvalue weighted by Gasteiger charge is -2.12. The summed E-state index contributed by atoms with van der Waals surface area (Å²) in [6.45, 7) is 6.27. The number of hydrogen-bond donors (Lipinski definition) is 1. The number of thiazole rings is 1. The number of hydrogen-bond acceptors (Lipinski definition) is 3. The average Bonchev–Trinajstić information content (AvgIpc) is 2.83. The number of rotatable bonds is 6. The van der Waals surface area contributed by atoms with E-state index in [4.69, 9.17) is 0 Å². The van der Waals surface area contributed by atoms with Gasteiger partial charge in [0, 0.05) is 5.92 Å². The normalized spacial score (nSPS) is 12.6. The Kier molecular flexibility index (Phi) is 5.12. The summed E-state index contributed by atoms with van der Waals surface area (Å²) < 4.78 is 1.13. The van der Waals surface area contributed by atoms with Crippen LogP contribution in [0.5, 0.6) is 0 Å². The molecule has 2 aromatic rings. The van der Waals surface area contributed by atoms with E-state index in [-0.39, 0.29) is 11.8 Å². The first-order chi connectivity index (χ1) is 9.65. The fraction of sp³-hybridized carbons (Fsp3) is 0.500. The Morgan fingerprint density at radius 3 is 2.85 bits per heavy atom. The highest BCUT2D eigenvalue weighted by atomic mass is 32.1. The molecule has 0 radical (unpaired) electrons. The number of nitrogens with one attached hydrogen (secondary N) is 1. The molecule has 1 heterocycles. The van der Waals surface area contributed by atoms with Gasteiger partial charge in [0.05, 0.1) is 10.2 Å². The van der Waals surface area contributed by atoms with Crippen LogP contribution in [0.15, 0.2) is 18.2 Å². The molecule has 0 saturated heterocycles. The standard InChI is InChI=1S/C16H22N2OS/c1-4-6-9-12(5-2)15(19)18-16-17-14-11(3)8-7-10-13(14)20-16/h7-8,10,12H,4-6,9H2,1-3H3,(H,17,18,19)/t12-/m0/s1. The molecule has 0 unspecified atom stereocenters. The topological polar surface area (TPSA) is 42.0 Å². The first-order valence-electron chi connectivity index (χ1n) is 7.32. The minimum absolute atomic E-state index is 0.100. The predicted octanol–water partition coefficient (Wildman–Crippen LogP) is 4.76. The van der Waals surface area contributed by atoms with Crippen LogP contribution < -0.4 is 5.32 Å². The summed E-state index contributed by atoms with van der Waals surface area (Å²) >= 11 is 1.55. The number of fused-ring (bicyclic) bond motifs is 1. The molecular weight excluding hydrogens is 268 g/mol. The summed E-state index contributed by atoms with van der Waals surface area (Å²) in [5.41, 5.74) is 2.15. The Balaban J connectivity index is 2.10. The molecule has 1 aromatic heterocycles. The summed E-state index contributed by atoms with van der Waals surface area (Å²) in [7, 11) is 0. The molecular formula is C16H22N2OS. The molecule has 1 atom stereocenters. The predicted molar refractivity (Wildman–Crippen MR) is 86.3 cm³/mol. The smallest absolute Gasteiger partial charge is 0.229 e. The third kappa shape index (κ3) is 3.37. The van der Waals surface area contributed by atoms with Crippen molar-refractivity contribution >= 4 is 32.6 Å². The Morgan fingerprint density at radius 1 is 1.40 bits per heavy atom. The number of amides is 1. The molecule has 1 aromatic carbocycles. The van der Waals surface area contributed by atoms with Gasteiger partial charge in [0.2, 0.25) is 5.91 Å². The monoisotopic (exact) mass is 290 g/mol. The summed E-state index contributed by atoms with van der Waals surface area (Å²) in [5.74, 6) is 0.209. The van der Waals surface area contributed by atoms with E-state index in [1.165, 1.54) is 0 Å². The van der Waals surface area contributed by atoms with E-state index in [2.05, 4.69) is 24.1 Å². The number of aryl methyl sites for hydroxylation is 1. The van der Waals surface area contributed by atoms with E-state index in [0.717, 1.165) is 41.5 Å². The van der Waals surface area contributed by atoms with Gasteiger partial charge in [-0.2, -0.15) is 0 Å². The summed E-state index contributed by atoms with van der Waals surface area (Å²) in [4.78, 5) is 16.8. The lowest BCUT2D eigenvalue weighted by molar-refractivity contribution is -0.120. The zero-order valence-electron chi connectivity index (χ0n) is 12.4. The summed E-state index contributed by atoms with van der Waals surface area (Å²) in [5, 5.41) is 3.70. The van der Waals surface area contributed by atoms with Crippen molar-refractivity contribution < 1.29 is 4.79 Å². The molecule has 0 aliphatic carbocycles. The van der Waals surface area contributed by atoms with Gasteiger partial charge < -0.3 is 5.32 Å². The molecule has 1 amide bonds. The van der Waals surface area contributed by atoms with E-state index in [9.17, 15) is 4.79 Å². The van der Waals surface area contributed by atoms with E-state index in [0.29, 0.717) is 5.13 Å². The molecule has 0 spiro atoms. The summed E-state index contributed by atoms with van der Waals surface area (Å²) in [6.07, 6.45) is 4.08. The van der Waals surface area contributed by atoms with Gasteiger partial charge in [-0.25, -0.2) is 4.98 Å². The largest absolute Gasteiger partial charge is 0.302 e. The van der Waals surface area contributed by atoms with Crippen LogP contribution in [-0.2, 0) is 4.79 Å². The Hall–Kier alpha value is -1.42. The first kappa shape index (κ1) is 15.0. The van der Waals surface area contributed by atoms with E-state index < -0.39 is 0 Å². The minimum atomic E-state index is 0.100. The fourth-order valence-corrected chi connectivity index (χ4v) is 3.27. The van der Waals surface area contributed by atoms with Crippen molar-refractivity contribution in [3.8, 4) is 0 Å². The van der Waals surface area contributed by atoms with Crippen molar-refractivity contribution in [1.82, 2.24) is 4.98 Å². The van der Waals surface area contributed by atoms with Crippen LogP contribution in [0.1, 0.15) is 45.1 Å². The second kappa shape index (κ2) is 6.84. The number of carbonyl (C=O) groups excluding carboxylic acids is 1. The van der Waals surface area contributed by atoms with Gasteiger partial charge in [-0.3, -0.25) is 4.79 Å². The lowest BCUT2D eigenvalue weighted by Crippen LogP contribution is -2.22. The molecule has 4 heteroatoms. The highest BCUT2D eigenvalue weighted by Gasteiger charge is 2.17. The molecule has 0 fully saturated rings. The van der Waals surface area contributed by atoms with Crippen molar-refractivity contribution in [3.05, 3.63) is 23.8 Å². The molecule has 1 N–H and O–H groups in total.